The summed E-state index contributed by atoms with van der Waals surface area (Å²) in [7, 11) is 0. The van der Waals surface area contributed by atoms with Gasteiger partial charge in [-0.2, -0.15) is 0 Å². The monoisotopic (exact) mass is 889 g/mol. The van der Waals surface area contributed by atoms with E-state index in [9.17, 15) is 0 Å². The van der Waals surface area contributed by atoms with E-state index < -0.39 is 0 Å². The quantitative estimate of drug-likeness (QED) is 0.148. The SMILES string of the molecule is c1ccc(-c2ccc(N3c4cc(N(c5ccccc5)c5ccccc5)ccc4B4c5cc(-c6ccccc6)cc6c5N(c5ccc(-c7ccccc7)cc5-c5ccccc5-6)c5cccc3c54)cc2)cc1. The minimum absolute atomic E-state index is 0.0806. The first kappa shape index (κ1) is 40.0. The number of hydrogen-bond donors (Lipinski definition) is 0. The number of anilines is 9. The van der Waals surface area contributed by atoms with E-state index in [2.05, 4.69) is 282 Å². The largest absolute Gasteiger partial charge is 0.311 e. The highest BCUT2D eigenvalue weighted by molar-refractivity contribution is 7.00. The average Bonchev–Trinajstić information content (AvgIpc) is 3.56. The van der Waals surface area contributed by atoms with Crippen molar-refractivity contribution in [1.29, 1.82) is 0 Å². The van der Waals surface area contributed by atoms with Crippen LogP contribution in [0.2, 0.25) is 0 Å². The lowest BCUT2D eigenvalue weighted by Crippen LogP contribution is -2.61. The van der Waals surface area contributed by atoms with Crippen LogP contribution in [0.5, 0.6) is 0 Å². The second-order valence-electron chi connectivity index (χ2n) is 18.4. The Labute approximate surface area is 409 Å². The zero-order chi connectivity index (χ0) is 46.1. The van der Waals surface area contributed by atoms with Crippen molar-refractivity contribution in [2.75, 3.05) is 14.7 Å². The van der Waals surface area contributed by atoms with E-state index in [0.717, 1.165) is 28.4 Å². The van der Waals surface area contributed by atoms with Crippen molar-refractivity contribution in [3.8, 4) is 55.6 Å². The number of hydrogen-bond acceptors (Lipinski definition) is 3. The first-order valence-electron chi connectivity index (χ1n) is 24.2. The molecule has 0 bridgehead atoms. The summed E-state index contributed by atoms with van der Waals surface area (Å²) < 4.78 is 0. The molecule has 0 saturated heterocycles. The molecular weight excluding hydrogens is 846 g/mol. The van der Waals surface area contributed by atoms with Gasteiger partial charge in [-0.25, -0.2) is 0 Å². The lowest BCUT2D eigenvalue weighted by atomic mass is 9.33. The Bertz CT molecular complexity index is 3730. The third-order valence-corrected chi connectivity index (χ3v) is 14.5. The minimum Gasteiger partial charge on any atom is -0.311 e. The van der Waals surface area contributed by atoms with Gasteiger partial charge in [-0.05, 0) is 140 Å². The van der Waals surface area contributed by atoms with Crippen molar-refractivity contribution < 1.29 is 0 Å². The maximum atomic E-state index is 2.60. The third-order valence-electron chi connectivity index (χ3n) is 14.5. The van der Waals surface area contributed by atoms with Crippen LogP contribution in [0.3, 0.4) is 0 Å². The Balaban J connectivity index is 1.07. The summed E-state index contributed by atoms with van der Waals surface area (Å²) in [6.45, 7) is -0.0806. The molecule has 70 heavy (non-hydrogen) atoms. The van der Waals surface area contributed by atoms with Crippen molar-refractivity contribution in [2.45, 2.75) is 0 Å². The molecule has 3 aliphatic heterocycles. The van der Waals surface area contributed by atoms with E-state index in [0.29, 0.717) is 0 Å². The maximum Gasteiger partial charge on any atom is 0.252 e. The first-order chi connectivity index (χ1) is 34.7. The van der Waals surface area contributed by atoms with Gasteiger partial charge in [-0.1, -0.05) is 188 Å². The zero-order valence-corrected chi connectivity index (χ0v) is 38.3. The molecule has 4 heteroatoms. The highest BCUT2D eigenvalue weighted by Gasteiger charge is 2.46. The fraction of sp³-hybridized carbons (Fsp3) is 0. The van der Waals surface area contributed by atoms with Crippen LogP contribution in [-0.4, -0.2) is 6.71 Å². The topological polar surface area (TPSA) is 9.72 Å². The zero-order valence-electron chi connectivity index (χ0n) is 38.3. The molecule has 0 N–H and O–H groups in total. The highest BCUT2D eigenvalue weighted by atomic mass is 15.2. The smallest absolute Gasteiger partial charge is 0.252 e. The Morgan fingerprint density at radius 1 is 0.271 bits per heavy atom. The highest BCUT2D eigenvalue weighted by Crippen LogP contribution is 2.54. The molecule has 14 rings (SSSR count). The summed E-state index contributed by atoms with van der Waals surface area (Å²) in [5.74, 6) is 0. The predicted octanol–water partition coefficient (Wildman–Crippen LogP) is 15.9. The number of rotatable bonds is 7. The van der Waals surface area contributed by atoms with Crippen LogP contribution in [0.15, 0.2) is 267 Å². The molecule has 0 atom stereocenters. The maximum absolute atomic E-state index is 2.60. The summed E-state index contributed by atoms with van der Waals surface area (Å²) in [6.07, 6.45) is 0. The summed E-state index contributed by atoms with van der Waals surface area (Å²) in [5.41, 5.74) is 26.3. The van der Waals surface area contributed by atoms with Crippen LogP contribution in [0, 0.1) is 0 Å². The molecule has 11 aromatic carbocycles. The number of nitrogens with zero attached hydrogens (tertiary/aromatic N) is 3. The molecule has 0 amide bonds. The van der Waals surface area contributed by atoms with E-state index >= 15 is 0 Å². The molecule has 0 aromatic heterocycles. The fourth-order valence-corrected chi connectivity index (χ4v) is 11.5. The van der Waals surface area contributed by atoms with Crippen molar-refractivity contribution in [1.82, 2.24) is 0 Å². The molecular formula is C66H44BN3. The first-order valence-corrected chi connectivity index (χ1v) is 24.2. The van der Waals surface area contributed by atoms with Crippen molar-refractivity contribution >= 4 is 74.3 Å². The normalized spacial score (nSPS) is 12.5. The molecule has 0 unspecified atom stereocenters. The van der Waals surface area contributed by atoms with Gasteiger partial charge in [-0.3, -0.25) is 0 Å². The number of fused-ring (bicyclic) bond motifs is 9. The van der Waals surface area contributed by atoms with E-state index in [1.165, 1.54) is 94.8 Å². The van der Waals surface area contributed by atoms with Gasteiger partial charge >= 0.3 is 0 Å². The Kier molecular flexibility index (Phi) is 9.31. The average molecular weight is 890 g/mol. The minimum atomic E-state index is -0.0806. The van der Waals surface area contributed by atoms with Crippen molar-refractivity contribution in [3.63, 3.8) is 0 Å². The summed E-state index contributed by atoms with van der Waals surface area (Å²) in [5, 5.41) is 0. The van der Waals surface area contributed by atoms with E-state index in [1.807, 2.05) is 0 Å². The summed E-state index contributed by atoms with van der Waals surface area (Å²) >= 11 is 0. The van der Waals surface area contributed by atoms with Crippen molar-refractivity contribution in [3.05, 3.63) is 267 Å². The van der Waals surface area contributed by atoms with Gasteiger partial charge in [0.05, 0.1) is 5.69 Å². The second-order valence-corrected chi connectivity index (χ2v) is 18.4. The van der Waals surface area contributed by atoms with Crippen LogP contribution in [-0.2, 0) is 0 Å². The van der Waals surface area contributed by atoms with Crippen LogP contribution >= 0.6 is 0 Å². The predicted molar refractivity (Wildman–Crippen MR) is 296 cm³/mol. The van der Waals surface area contributed by atoms with Gasteiger partial charge in [0.2, 0.25) is 0 Å². The molecule has 0 spiro atoms. The van der Waals surface area contributed by atoms with E-state index in [1.54, 1.807) is 0 Å². The van der Waals surface area contributed by atoms with Crippen LogP contribution in [0.25, 0.3) is 55.6 Å². The van der Waals surface area contributed by atoms with Crippen LogP contribution in [0.4, 0.5) is 51.2 Å². The van der Waals surface area contributed by atoms with Gasteiger partial charge in [0.1, 0.15) is 0 Å². The lowest BCUT2D eigenvalue weighted by Gasteiger charge is -2.45. The fourth-order valence-electron chi connectivity index (χ4n) is 11.5. The second kappa shape index (κ2) is 16.3. The molecule has 326 valence electrons. The van der Waals surface area contributed by atoms with Gasteiger partial charge < -0.3 is 14.7 Å². The molecule has 0 fully saturated rings. The third kappa shape index (κ3) is 6.38. The standard InChI is InChI=1S/C66H44BN3/c1-6-19-45(20-7-1)48-33-36-53(37-34-48)69-62-31-18-32-63-65(62)67(59-39-38-54(44-64(59)69)68(51-25-12-4-13-26-51)52-27-14-5-15-28-52)60-43-50(47-23-10-3-11-24-47)42-58-56-30-17-16-29-55(56)57-41-49(46-21-8-2-9-22-46)35-40-61(57)70(63)66(58)60/h1-44H. The number of para-hydroxylation sites is 2. The van der Waals surface area contributed by atoms with Gasteiger partial charge in [-0.15, -0.1) is 0 Å². The molecule has 0 aliphatic carbocycles. The summed E-state index contributed by atoms with van der Waals surface area (Å²) in [6, 6.07) is 98.3. The molecule has 3 nitrogen and oxygen atoms in total. The molecule has 3 heterocycles. The van der Waals surface area contributed by atoms with Crippen LogP contribution < -0.4 is 31.1 Å². The summed E-state index contributed by atoms with van der Waals surface area (Å²) in [4.78, 5) is 7.50. The molecule has 11 aromatic rings. The van der Waals surface area contributed by atoms with Gasteiger partial charge in [0, 0.05) is 56.6 Å². The van der Waals surface area contributed by atoms with E-state index in [4.69, 9.17) is 0 Å². The lowest BCUT2D eigenvalue weighted by molar-refractivity contribution is 1.24. The Morgan fingerprint density at radius 2 is 0.771 bits per heavy atom. The van der Waals surface area contributed by atoms with Gasteiger partial charge in [0.15, 0.2) is 0 Å². The van der Waals surface area contributed by atoms with Gasteiger partial charge in [0.25, 0.3) is 6.71 Å². The molecule has 3 aliphatic rings. The Morgan fingerprint density at radius 3 is 1.40 bits per heavy atom. The van der Waals surface area contributed by atoms with Crippen LogP contribution in [0.1, 0.15) is 0 Å². The molecule has 0 saturated carbocycles. The van der Waals surface area contributed by atoms with E-state index in [-0.39, 0.29) is 6.71 Å². The van der Waals surface area contributed by atoms with Crippen molar-refractivity contribution in [2.24, 2.45) is 0 Å². The number of benzene rings is 11. The Hall–Kier alpha value is -9.12. The molecule has 0 radical (unpaired) electrons.